The number of benzene rings is 2. The van der Waals surface area contributed by atoms with Crippen molar-refractivity contribution in [2.75, 3.05) is 11.9 Å². The summed E-state index contributed by atoms with van der Waals surface area (Å²) in [5.74, 6) is 0.971. The quantitative estimate of drug-likeness (QED) is 0.613. The van der Waals surface area contributed by atoms with E-state index in [2.05, 4.69) is 5.32 Å². The number of rotatable bonds is 5. The molecule has 1 unspecified atom stereocenters. The van der Waals surface area contributed by atoms with Crippen molar-refractivity contribution in [3.05, 3.63) is 58.2 Å². The maximum Gasteiger partial charge on any atom is 0.266 e. The average molecular weight is 376 g/mol. The molecule has 5 nitrogen and oxygen atoms in total. The molecule has 1 atom stereocenters. The van der Waals surface area contributed by atoms with Crippen molar-refractivity contribution in [3.63, 3.8) is 0 Å². The highest BCUT2D eigenvalue weighted by molar-refractivity contribution is 6.10. The number of aryl methyl sites for hydroxylation is 2. The summed E-state index contributed by atoms with van der Waals surface area (Å²) in [5.41, 5.74) is 4.36. The lowest BCUT2D eigenvalue weighted by atomic mass is 10.0. The van der Waals surface area contributed by atoms with E-state index in [1.807, 2.05) is 64.1 Å². The smallest absolute Gasteiger partial charge is 0.266 e. The average Bonchev–Trinajstić information content (AvgIpc) is 3.01. The number of nitrogens with one attached hydrogen (secondary N) is 1. The fraction of sp³-hybridized carbons (Fsp3) is 0.304. The number of nitrogens with zero attached hydrogens (tertiary/aromatic N) is 1. The van der Waals surface area contributed by atoms with E-state index < -0.39 is 5.91 Å². The fourth-order valence-corrected chi connectivity index (χ4v) is 3.34. The molecule has 0 saturated heterocycles. The van der Waals surface area contributed by atoms with Gasteiger partial charge in [-0.05, 0) is 57.0 Å². The summed E-state index contributed by atoms with van der Waals surface area (Å²) in [4.78, 5) is 12.7. The summed E-state index contributed by atoms with van der Waals surface area (Å²) in [7, 11) is 0. The SMILES string of the molecule is CCOc1cc2c(cc1C=C(C#N)C(=O)Nc1c(C)cccc1C)OC(C)C2. The Labute approximate surface area is 165 Å². The summed E-state index contributed by atoms with van der Waals surface area (Å²) in [6.07, 6.45) is 2.48. The lowest BCUT2D eigenvalue weighted by Gasteiger charge is -2.12. The number of carbonyl (C=O) groups is 1. The number of nitriles is 1. The van der Waals surface area contributed by atoms with Gasteiger partial charge in [-0.25, -0.2) is 0 Å². The van der Waals surface area contributed by atoms with Gasteiger partial charge < -0.3 is 14.8 Å². The molecule has 0 spiro atoms. The molecule has 0 saturated carbocycles. The van der Waals surface area contributed by atoms with E-state index in [1.54, 1.807) is 6.08 Å². The molecule has 0 aliphatic carbocycles. The lowest BCUT2D eigenvalue weighted by Crippen LogP contribution is -2.15. The summed E-state index contributed by atoms with van der Waals surface area (Å²) in [5, 5.41) is 12.4. The van der Waals surface area contributed by atoms with Gasteiger partial charge >= 0.3 is 0 Å². The van der Waals surface area contributed by atoms with Crippen LogP contribution in [0.25, 0.3) is 6.08 Å². The normalized spacial score (nSPS) is 15.4. The predicted octanol–water partition coefficient (Wildman–Crippen LogP) is 4.57. The number of amides is 1. The number of carbonyl (C=O) groups excluding carboxylic acids is 1. The second-order valence-corrected chi connectivity index (χ2v) is 6.95. The summed E-state index contributed by atoms with van der Waals surface area (Å²) in [6, 6.07) is 11.6. The number of fused-ring (bicyclic) bond motifs is 1. The van der Waals surface area contributed by atoms with E-state index in [-0.39, 0.29) is 11.7 Å². The molecule has 28 heavy (non-hydrogen) atoms. The molecule has 5 heteroatoms. The van der Waals surface area contributed by atoms with Crippen molar-refractivity contribution in [1.82, 2.24) is 0 Å². The van der Waals surface area contributed by atoms with E-state index >= 15 is 0 Å². The largest absolute Gasteiger partial charge is 0.493 e. The van der Waals surface area contributed by atoms with Gasteiger partial charge in [0.25, 0.3) is 5.91 Å². The van der Waals surface area contributed by atoms with Crippen LogP contribution in [0.1, 0.15) is 36.1 Å². The van der Waals surface area contributed by atoms with Gasteiger partial charge in [0.2, 0.25) is 0 Å². The molecular weight excluding hydrogens is 352 g/mol. The third-order valence-electron chi connectivity index (χ3n) is 4.71. The van der Waals surface area contributed by atoms with Gasteiger partial charge in [-0.15, -0.1) is 0 Å². The van der Waals surface area contributed by atoms with Crippen molar-refractivity contribution >= 4 is 17.7 Å². The Kier molecular flexibility index (Phi) is 5.70. The Morgan fingerprint density at radius 3 is 2.71 bits per heavy atom. The zero-order chi connectivity index (χ0) is 20.3. The molecule has 1 N–H and O–H groups in total. The number of hydrogen-bond donors (Lipinski definition) is 1. The van der Waals surface area contributed by atoms with Crippen LogP contribution in [0.5, 0.6) is 11.5 Å². The first-order chi connectivity index (χ1) is 13.4. The van der Waals surface area contributed by atoms with Gasteiger partial charge in [-0.3, -0.25) is 4.79 Å². The van der Waals surface area contributed by atoms with Crippen LogP contribution in [-0.4, -0.2) is 18.6 Å². The standard InChI is InChI=1S/C23H24N2O3/c1-5-27-20-11-17-9-16(4)28-21(17)12-18(20)10-19(13-24)23(26)25-22-14(2)7-6-8-15(22)3/h6-8,10-12,16H,5,9H2,1-4H3,(H,25,26). The van der Waals surface area contributed by atoms with Gasteiger partial charge in [0, 0.05) is 23.2 Å². The van der Waals surface area contributed by atoms with E-state index in [9.17, 15) is 10.1 Å². The highest BCUT2D eigenvalue weighted by Gasteiger charge is 2.22. The Morgan fingerprint density at radius 2 is 2.07 bits per heavy atom. The molecule has 3 rings (SSSR count). The molecule has 0 aromatic heterocycles. The van der Waals surface area contributed by atoms with Crippen LogP contribution in [0.2, 0.25) is 0 Å². The van der Waals surface area contributed by atoms with Gasteiger partial charge in [0.05, 0.1) is 6.61 Å². The second-order valence-electron chi connectivity index (χ2n) is 6.95. The van der Waals surface area contributed by atoms with Crippen LogP contribution in [0.4, 0.5) is 5.69 Å². The first-order valence-electron chi connectivity index (χ1n) is 9.38. The molecule has 0 bridgehead atoms. The molecule has 2 aromatic rings. The molecule has 0 radical (unpaired) electrons. The summed E-state index contributed by atoms with van der Waals surface area (Å²) >= 11 is 0. The molecule has 1 amide bonds. The van der Waals surface area contributed by atoms with Crippen LogP contribution in [0, 0.1) is 25.2 Å². The van der Waals surface area contributed by atoms with E-state index in [0.717, 1.165) is 34.5 Å². The highest BCUT2D eigenvalue weighted by Crippen LogP contribution is 2.36. The molecule has 0 fully saturated rings. The maximum atomic E-state index is 12.7. The molecular formula is C23H24N2O3. The Balaban J connectivity index is 1.95. The molecule has 1 heterocycles. The molecule has 144 valence electrons. The van der Waals surface area contributed by atoms with Gasteiger partial charge in [-0.1, -0.05) is 18.2 Å². The van der Waals surface area contributed by atoms with Crippen molar-refractivity contribution in [3.8, 4) is 17.6 Å². The molecule has 1 aliphatic heterocycles. The van der Waals surface area contributed by atoms with Crippen LogP contribution >= 0.6 is 0 Å². The van der Waals surface area contributed by atoms with Crippen LogP contribution < -0.4 is 14.8 Å². The number of anilines is 1. The predicted molar refractivity (Wildman–Crippen MR) is 110 cm³/mol. The number of ether oxygens (including phenoxy) is 2. The van der Waals surface area contributed by atoms with Crippen molar-refractivity contribution in [1.29, 1.82) is 5.26 Å². The molecule has 1 aliphatic rings. The molecule has 2 aromatic carbocycles. The van der Waals surface area contributed by atoms with Gasteiger partial charge in [-0.2, -0.15) is 5.26 Å². The Morgan fingerprint density at radius 1 is 1.36 bits per heavy atom. The lowest BCUT2D eigenvalue weighted by molar-refractivity contribution is -0.112. The van der Waals surface area contributed by atoms with Gasteiger partial charge in [0.1, 0.15) is 29.2 Å². The highest BCUT2D eigenvalue weighted by atomic mass is 16.5. The minimum atomic E-state index is -0.447. The van der Waals surface area contributed by atoms with E-state index in [1.165, 1.54) is 0 Å². The minimum Gasteiger partial charge on any atom is -0.493 e. The zero-order valence-electron chi connectivity index (χ0n) is 16.6. The fourth-order valence-electron chi connectivity index (χ4n) is 3.34. The number of hydrogen-bond acceptors (Lipinski definition) is 4. The van der Waals surface area contributed by atoms with Crippen LogP contribution in [0.3, 0.4) is 0 Å². The van der Waals surface area contributed by atoms with Crippen LogP contribution in [-0.2, 0) is 11.2 Å². The Hall–Kier alpha value is -3.26. The first kappa shape index (κ1) is 19.5. The summed E-state index contributed by atoms with van der Waals surface area (Å²) < 4.78 is 11.6. The second kappa shape index (κ2) is 8.18. The third-order valence-corrected chi connectivity index (χ3v) is 4.71. The van der Waals surface area contributed by atoms with Gasteiger partial charge in [0.15, 0.2) is 0 Å². The van der Waals surface area contributed by atoms with Crippen molar-refractivity contribution in [2.24, 2.45) is 0 Å². The monoisotopic (exact) mass is 376 g/mol. The number of para-hydroxylation sites is 1. The van der Waals surface area contributed by atoms with Crippen molar-refractivity contribution in [2.45, 2.75) is 40.2 Å². The van der Waals surface area contributed by atoms with Crippen molar-refractivity contribution < 1.29 is 14.3 Å². The minimum absolute atomic E-state index is 0.00889. The topological polar surface area (TPSA) is 71.3 Å². The van der Waals surface area contributed by atoms with E-state index in [0.29, 0.717) is 17.9 Å². The maximum absolute atomic E-state index is 12.7. The van der Waals surface area contributed by atoms with E-state index in [4.69, 9.17) is 9.47 Å². The first-order valence-corrected chi connectivity index (χ1v) is 9.38. The van der Waals surface area contributed by atoms with Crippen LogP contribution in [0.15, 0.2) is 35.9 Å². The third kappa shape index (κ3) is 4.01. The Bertz CT molecular complexity index is 966. The summed E-state index contributed by atoms with van der Waals surface area (Å²) in [6.45, 7) is 8.24. The zero-order valence-corrected chi connectivity index (χ0v) is 16.6.